The van der Waals surface area contributed by atoms with Gasteiger partial charge in [-0.3, -0.25) is 14.4 Å². The molecule has 3 amide bonds. The van der Waals surface area contributed by atoms with Crippen molar-refractivity contribution in [2.24, 2.45) is 0 Å². The molecule has 0 unspecified atom stereocenters. The molecule has 2 N–H and O–H groups in total. The summed E-state index contributed by atoms with van der Waals surface area (Å²) in [5.41, 5.74) is 2.21. The summed E-state index contributed by atoms with van der Waals surface area (Å²) in [6.07, 6.45) is 1.05. The number of nitrogens with one attached hydrogen (secondary N) is 2. The number of rotatable bonds is 6. The highest BCUT2D eigenvalue weighted by molar-refractivity contribution is 6.42. The Hall–Kier alpha value is -2.77. The molecule has 0 spiro atoms. The van der Waals surface area contributed by atoms with Crippen LogP contribution in [0, 0.1) is 0 Å². The summed E-state index contributed by atoms with van der Waals surface area (Å²) in [7, 11) is 1.52. The Morgan fingerprint density at radius 3 is 2.69 bits per heavy atom. The van der Waals surface area contributed by atoms with Crippen LogP contribution in [-0.4, -0.2) is 42.8 Å². The normalized spacial score (nSPS) is 12.6. The number of ether oxygens (including phenoxy) is 1. The number of anilines is 2. The Bertz CT molecular complexity index is 965. The van der Waals surface area contributed by atoms with Gasteiger partial charge in [0.15, 0.2) is 6.61 Å². The van der Waals surface area contributed by atoms with Gasteiger partial charge in [0.2, 0.25) is 11.8 Å². The Balaban J connectivity index is 1.49. The predicted octanol–water partition coefficient (Wildman–Crippen LogP) is 3.35. The van der Waals surface area contributed by atoms with Gasteiger partial charge in [0.25, 0.3) is 5.91 Å². The highest BCUT2D eigenvalue weighted by Gasteiger charge is 2.17. The molecular formula is C20H19Cl2N3O4. The second kappa shape index (κ2) is 9.15. The van der Waals surface area contributed by atoms with Crippen LogP contribution < -0.4 is 15.4 Å². The third-order valence-corrected chi connectivity index (χ3v) is 5.08. The number of aryl methyl sites for hydroxylation is 1. The van der Waals surface area contributed by atoms with Crippen molar-refractivity contribution in [3.8, 4) is 5.75 Å². The number of hydrogen-bond acceptors (Lipinski definition) is 4. The van der Waals surface area contributed by atoms with Gasteiger partial charge < -0.3 is 20.3 Å². The number of benzene rings is 2. The lowest BCUT2D eigenvalue weighted by Gasteiger charge is -2.19. The van der Waals surface area contributed by atoms with Crippen molar-refractivity contribution < 1.29 is 19.1 Å². The van der Waals surface area contributed by atoms with E-state index in [0.29, 0.717) is 34.3 Å². The molecule has 0 bridgehead atoms. The third-order valence-electron chi connectivity index (χ3n) is 4.34. The molecule has 0 aliphatic carbocycles. The highest BCUT2D eigenvalue weighted by Crippen LogP contribution is 2.27. The molecule has 1 heterocycles. The fourth-order valence-corrected chi connectivity index (χ4v) is 3.08. The van der Waals surface area contributed by atoms with Crippen molar-refractivity contribution in [1.82, 2.24) is 4.90 Å². The number of amides is 3. The quantitative estimate of drug-likeness (QED) is 0.727. The first-order valence-corrected chi connectivity index (χ1v) is 9.62. The number of halogens is 2. The summed E-state index contributed by atoms with van der Waals surface area (Å²) in [6, 6.07) is 9.97. The van der Waals surface area contributed by atoms with Crippen LogP contribution in [0.4, 0.5) is 11.4 Å². The molecule has 1 aliphatic heterocycles. The van der Waals surface area contributed by atoms with Crippen molar-refractivity contribution in [3.05, 3.63) is 52.0 Å². The Morgan fingerprint density at radius 1 is 1.14 bits per heavy atom. The first-order valence-electron chi connectivity index (χ1n) is 8.86. The lowest BCUT2D eigenvalue weighted by Crippen LogP contribution is -2.37. The lowest BCUT2D eigenvalue weighted by atomic mass is 10.0. The summed E-state index contributed by atoms with van der Waals surface area (Å²) in [5, 5.41) is 6.16. The molecule has 9 heteroatoms. The van der Waals surface area contributed by atoms with Gasteiger partial charge in [-0.25, -0.2) is 0 Å². The van der Waals surface area contributed by atoms with Crippen LogP contribution in [-0.2, 0) is 20.8 Å². The van der Waals surface area contributed by atoms with Gasteiger partial charge in [0, 0.05) is 24.8 Å². The molecule has 0 atom stereocenters. The molecule has 0 saturated carbocycles. The molecule has 0 aromatic heterocycles. The first-order chi connectivity index (χ1) is 13.8. The molecule has 7 nitrogen and oxygen atoms in total. The molecule has 1 aliphatic rings. The van der Waals surface area contributed by atoms with Crippen molar-refractivity contribution in [2.45, 2.75) is 12.8 Å². The molecule has 0 saturated heterocycles. The largest absolute Gasteiger partial charge is 0.484 e. The molecule has 29 heavy (non-hydrogen) atoms. The SMILES string of the molecule is CN(CC(=O)Nc1ccc(Cl)c(Cl)c1)C(=O)COc1ccc2c(c1)CCC(=O)N2. The summed E-state index contributed by atoms with van der Waals surface area (Å²) >= 11 is 11.8. The average Bonchev–Trinajstić information content (AvgIpc) is 2.68. The highest BCUT2D eigenvalue weighted by atomic mass is 35.5. The van der Waals surface area contributed by atoms with Crippen LogP contribution in [0.15, 0.2) is 36.4 Å². The molecule has 2 aromatic carbocycles. The van der Waals surface area contributed by atoms with Gasteiger partial charge in [-0.2, -0.15) is 0 Å². The van der Waals surface area contributed by atoms with E-state index in [1.165, 1.54) is 18.0 Å². The van der Waals surface area contributed by atoms with E-state index in [1.807, 2.05) is 0 Å². The van der Waals surface area contributed by atoms with Crippen LogP contribution in [0.5, 0.6) is 5.75 Å². The van der Waals surface area contributed by atoms with E-state index in [0.717, 1.165) is 11.3 Å². The second-order valence-corrected chi connectivity index (χ2v) is 7.40. The van der Waals surface area contributed by atoms with Crippen LogP contribution >= 0.6 is 23.2 Å². The van der Waals surface area contributed by atoms with Gasteiger partial charge in [-0.15, -0.1) is 0 Å². The zero-order chi connectivity index (χ0) is 21.0. The van der Waals surface area contributed by atoms with E-state index in [1.54, 1.807) is 30.3 Å². The summed E-state index contributed by atoms with van der Waals surface area (Å²) < 4.78 is 5.54. The van der Waals surface area contributed by atoms with Gasteiger partial charge in [0.1, 0.15) is 5.75 Å². The maximum absolute atomic E-state index is 12.3. The monoisotopic (exact) mass is 435 g/mol. The Morgan fingerprint density at radius 2 is 1.93 bits per heavy atom. The number of hydrogen-bond donors (Lipinski definition) is 2. The van der Waals surface area contributed by atoms with E-state index >= 15 is 0 Å². The minimum atomic E-state index is -0.372. The molecule has 0 radical (unpaired) electrons. The van der Waals surface area contributed by atoms with Crippen molar-refractivity contribution in [3.63, 3.8) is 0 Å². The minimum Gasteiger partial charge on any atom is -0.484 e. The number of carbonyl (C=O) groups is 3. The van der Waals surface area contributed by atoms with Crippen LogP contribution in [0.1, 0.15) is 12.0 Å². The maximum atomic E-state index is 12.3. The first kappa shape index (κ1) is 21.0. The van der Waals surface area contributed by atoms with E-state index in [9.17, 15) is 14.4 Å². The Labute approximate surface area is 177 Å². The molecule has 0 fully saturated rings. The lowest BCUT2D eigenvalue weighted by molar-refractivity contribution is -0.135. The topological polar surface area (TPSA) is 87.7 Å². The van der Waals surface area contributed by atoms with E-state index in [2.05, 4.69) is 10.6 Å². The molecule has 3 rings (SSSR count). The van der Waals surface area contributed by atoms with Gasteiger partial charge in [0.05, 0.1) is 16.6 Å². The minimum absolute atomic E-state index is 0.0119. The summed E-state index contributed by atoms with van der Waals surface area (Å²) in [5.74, 6) is -0.201. The predicted molar refractivity (Wildman–Crippen MR) is 112 cm³/mol. The maximum Gasteiger partial charge on any atom is 0.260 e. The fourth-order valence-electron chi connectivity index (χ4n) is 2.78. The number of carbonyl (C=O) groups excluding carboxylic acids is 3. The summed E-state index contributed by atoms with van der Waals surface area (Å²) in [6.45, 7) is -0.347. The molecular weight excluding hydrogens is 417 g/mol. The molecule has 152 valence electrons. The van der Waals surface area contributed by atoms with Crippen molar-refractivity contribution in [1.29, 1.82) is 0 Å². The van der Waals surface area contributed by atoms with Gasteiger partial charge >= 0.3 is 0 Å². The fraction of sp³-hybridized carbons (Fsp3) is 0.250. The third kappa shape index (κ3) is 5.62. The number of likely N-dealkylation sites (N-methyl/N-ethyl adjacent to an activating group) is 1. The zero-order valence-corrected chi connectivity index (χ0v) is 17.1. The second-order valence-electron chi connectivity index (χ2n) is 6.58. The van der Waals surface area contributed by atoms with Crippen LogP contribution in [0.3, 0.4) is 0 Å². The van der Waals surface area contributed by atoms with Crippen LogP contribution in [0.25, 0.3) is 0 Å². The summed E-state index contributed by atoms with van der Waals surface area (Å²) in [4.78, 5) is 37.1. The van der Waals surface area contributed by atoms with E-state index in [-0.39, 0.29) is 30.9 Å². The van der Waals surface area contributed by atoms with E-state index in [4.69, 9.17) is 27.9 Å². The van der Waals surface area contributed by atoms with Crippen molar-refractivity contribution >= 4 is 52.3 Å². The van der Waals surface area contributed by atoms with E-state index < -0.39 is 0 Å². The molecule has 2 aromatic rings. The standard InChI is InChI=1S/C20H19Cl2N3O4/c1-25(10-19(27)23-13-3-5-15(21)16(22)9-13)20(28)11-29-14-4-6-17-12(8-14)2-7-18(26)24-17/h3-6,8-9H,2,7,10-11H2,1H3,(H,23,27)(H,24,26). The van der Waals surface area contributed by atoms with Gasteiger partial charge in [-0.05, 0) is 48.4 Å². The number of nitrogens with zero attached hydrogens (tertiary/aromatic N) is 1. The van der Waals surface area contributed by atoms with Gasteiger partial charge in [-0.1, -0.05) is 23.2 Å². The van der Waals surface area contributed by atoms with Crippen LogP contribution in [0.2, 0.25) is 10.0 Å². The number of fused-ring (bicyclic) bond motifs is 1. The Kier molecular flexibility index (Phi) is 6.61. The smallest absolute Gasteiger partial charge is 0.260 e. The zero-order valence-electron chi connectivity index (χ0n) is 15.6. The van der Waals surface area contributed by atoms with Crippen molar-refractivity contribution in [2.75, 3.05) is 30.8 Å². The average molecular weight is 436 g/mol.